The largest absolute Gasteiger partial charge is 0.481 e. The van der Waals surface area contributed by atoms with Crippen LogP contribution in [0.25, 0.3) is 0 Å². The molecule has 0 aliphatic carbocycles. The quantitative estimate of drug-likeness (QED) is 0.741. The Morgan fingerprint density at radius 3 is 2.23 bits per heavy atom. The van der Waals surface area contributed by atoms with E-state index in [1.807, 2.05) is 19.9 Å². The number of rotatable bonds is 5. The van der Waals surface area contributed by atoms with Crippen LogP contribution in [-0.4, -0.2) is 12.0 Å². The summed E-state index contributed by atoms with van der Waals surface area (Å²) in [6, 6.07) is 13.7. The standard InChI is InChI=1S/C22H28ClNO2/c1-14-13-19(11-12-20(14)23)26-16(3)21(25)24-15(2)17-7-9-18(10-8-17)22(4,5)6/h7-13,15-16H,1-6H3,(H,24,25)/t15-,16+/m1/s1. The fourth-order valence-electron chi connectivity index (χ4n) is 2.63. The van der Waals surface area contributed by atoms with Crippen molar-refractivity contribution in [3.05, 3.63) is 64.2 Å². The second kappa shape index (κ2) is 8.13. The lowest BCUT2D eigenvalue weighted by Crippen LogP contribution is -2.37. The summed E-state index contributed by atoms with van der Waals surface area (Å²) in [6.07, 6.45) is -0.591. The van der Waals surface area contributed by atoms with Crippen LogP contribution in [0.2, 0.25) is 5.02 Å². The Morgan fingerprint density at radius 1 is 1.08 bits per heavy atom. The molecule has 3 nitrogen and oxygen atoms in total. The third-order valence-corrected chi connectivity index (χ3v) is 4.87. The minimum Gasteiger partial charge on any atom is -0.481 e. The van der Waals surface area contributed by atoms with E-state index >= 15 is 0 Å². The zero-order valence-corrected chi connectivity index (χ0v) is 17.1. The van der Waals surface area contributed by atoms with Gasteiger partial charge < -0.3 is 10.1 Å². The second-order valence-electron chi connectivity index (χ2n) is 7.77. The Labute approximate surface area is 161 Å². The first-order valence-corrected chi connectivity index (χ1v) is 9.29. The molecule has 0 aromatic heterocycles. The third kappa shape index (κ3) is 5.25. The highest BCUT2D eigenvalue weighted by Gasteiger charge is 2.19. The maximum Gasteiger partial charge on any atom is 0.261 e. The zero-order valence-electron chi connectivity index (χ0n) is 16.4. The van der Waals surface area contributed by atoms with Gasteiger partial charge in [-0.1, -0.05) is 56.6 Å². The highest BCUT2D eigenvalue weighted by atomic mass is 35.5. The predicted octanol–water partition coefficient (Wildman–Crippen LogP) is 5.59. The van der Waals surface area contributed by atoms with E-state index in [4.69, 9.17) is 16.3 Å². The van der Waals surface area contributed by atoms with Gasteiger partial charge in [0.1, 0.15) is 5.75 Å². The molecule has 2 atom stereocenters. The van der Waals surface area contributed by atoms with Gasteiger partial charge in [0.05, 0.1) is 6.04 Å². The fourth-order valence-corrected chi connectivity index (χ4v) is 2.75. The summed E-state index contributed by atoms with van der Waals surface area (Å²) in [7, 11) is 0. The summed E-state index contributed by atoms with van der Waals surface area (Å²) in [5.74, 6) is 0.488. The van der Waals surface area contributed by atoms with Gasteiger partial charge in [-0.15, -0.1) is 0 Å². The van der Waals surface area contributed by atoms with Crippen LogP contribution in [0.4, 0.5) is 0 Å². The molecule has 1 amide bonds. The van der Waals surface area contributed by atoms with Gasteiger partial charge in [-0.25, -0.2) is 0 Å². The fraction of sp³-hybridized carbons (Fsp3) is 0.409. The molecular formula is C22H28ClNO2. The number of hydrogen-bond donors (Lipinski definition) is 1. The lowest BCUT2D eigenvalue weighted by atomic mass is 9.86. The van der Waals surface area contributed by atoms with Crippen LogP contribution < -0.4 is 10.1 Å². The molecule has 1 N–H and O–H groups in total. The van der Waals surface area contributed by atoms with Crippen molar-refractivity contribution in [3.8, 4) is 5.75 Å². The molecule has 0 bridgehead atoms. The Kier molecular flexibility index (Phi) is 6.35. The van der Waals surface area contributed by atoms with Crippen LogP contribution in [0.1, 0.15) is 57.4 Å². The van der Waals surface area contributed by atoms with Crippen molar-refractivity contribution in [2.45, 2.75) is 59.1 Å². The summed E-state index contributed by atoms with van der Waals surface area (Å²) >= 11 is 6.02. The van der Waals surface area contributed by atoms with E-state index in [1.54, 1.807) is 19.1 Å². The van der Waals surface area contributed by atoms with Crippen LogP contribution in [0.3, 0.4) is 0 Å². The summed E-state index contributed by atoms with van der Waals surface area (Å²) in [5, 5.41) is 3.69. The van der Waals surface area contributed by atoms with E-state index in [1.165, 1.54) is 5.56 Å². The van der Waals surface area contributed by atoms with E-state index in [9.17, 15) is 4.79 Å². The van der Waals surface area contributed by atoms with Gasteiger partial charge in [-0.3, -0.25) is 4.79 Å². The molecule has 0 aliphatic heterocycles. The van der Waals surface area contributed by atoms with Gasteiger partial charge in [0.2, 0.25) is 0 Å². The molecule has 26 heavy (non-hydrogen) atoms. The molecule has 0 aliphatic rings. The molecule has 4 heteroatoms. The molecular weight excluding hydrogens is 346 g/mol. The molecule has 0 fully saturated rings. The van der Waals surface area contributed by atoms with Crippen molar-refractivity contribution in [2.75, 3.05) is 0 Å². The first kappa shape index (κ1) is 20.3. The topological polar surface area (TPSA) is 38.3 Å². The minimum atomic E-state index is -0.591. The lowest BCUT2D eigenvalue weighted by Gasteiger charge is -2.22. The van der Waals surface area contributed by atoms with Crippen LogP contribution in [0.5, 0.6) is 5.75 Å². The van der Waals surface area contributed by atoms with Gasteiger partial charge in [-0.2, -0.15) is 0 Å². The van der Waals surface area contributed by atoms with Crippen molar-refractivity contribution < 1.29 is 9.53 Å². The molecule has 0 spiro atoms. The smallest absolute Gasteiger partial charge is 0.261 e. The van der Waals surface area contributed by atoms with E-state index in [-0.39, 0.29) is 17.4 Å². The number of nitrogens with one attached hydrogen (secondary N) is 1. The van der Waals surface area contributed by atoms with E-state index in [2.05, 4.69) is 50.4 Å². The van der Waals surface area contributed by atoms with E-state index < -0.39 is 6.10 Å². The summed E-state index contributed by atoms with van der Waals surface area (Å²) < 4.78 is 5.74. The molecule has 0 saturated heterocycles. The number of benzene rings is 2. The average Bonchev–Trinajstić information content (AvgIpc) is 2.57. The van der Waals surface area contributed by atoms with E-state index in [0.717, 1.165) is 11.1 Å². The number of carbonyl (C=O) groups excluding carboxylic acids is 1. The molecule has 2 aromatic rings. The number of hydrogen-bond acceptors (Lipinski definition) is 2. The zero-order chi connectivity index (χ0) is 19.5. The van der Waals surface area contributed by atoms with Crippen molar-refractivity contribution in [1.82, 2.24) is 5.32 Å². The highest BCUT2D eigenvalue weighted by Crippen LogP contribution is 2.24. The Bertz CT molecular complexity index is 763. The summed E-state index contributed by atoms with van der Waals surface area (Å²) in [4.78, 5) is 12.4. The Hall–Kier alpha value is -2.00. The molecule has 0 radical (unpaired) electrons. The Balaban J connectivity index is 1.98. The van der Waals surface area contributed by atoms with Gasteiger partial charge >= 0.3 is 0 Å². The van der Waals surface area contributed by atoms with Gasteiger partial charge in [-0.05, 0) is 61.1 Å². The van der Waals surface area contributed by atoms with Crippen LogP contribution in [0.15, 0.2) is 42.5 Å². The van der Waals surface area contributed by atoms with Crippen molar-refractivity contribution in [3.63, 3.8) is 0 Å². The van der Waals surface area contributed by atoms with Crippen molar-refractivity contribution in [1.29, 1.82) is 0 Å². The average molecular weight is 374 g/mol. The van der Waals surface area contributed by atoms with Crippen LogP contribution in [0, 0.1) is 6.92 Å². The molecule has 2 rings (SSSR count). The number of ether oxygens (including phenoxy) is 1. The van der Waals surface area contributed by atoms with Gasteiger partial charge in [0, 0.05) is 5.02 Å². The number of aryl methyl sites for hydroxylation is 1. The Morgan fingerprint density at radius 2 is 1.69 bits per heavy atom. The number of amides is 1. The normalized spacial score (nSPS) is 13.8. The number of carbonyl (C=O) groups is 1. The molecule has 140 valence electrons. The first-order valence-electron chi connectivity index (χ1n) is 8.91. The maximum absolute atomic E-state index is 12.4. The minimum absolute atomic E-state index is 0.0884. The molecule has 0 unspecified atom stereocenters. The lowest BCUT2D eigenvalue weighted by molar-refractivity contribution is -0.127. The maximum atomic E-state index is 12.4. The SMILES string of the molecule is Cc1cc(O[C@@H](C)C(=O)N[C@H](C)c2ccc(C(C)(C)C)cc2)ccc1Cl. The van der Waals surface area contributed by atoms with E-state index in [0.29, 0.717) is 10.8 Å². The van der Waals surface area contributed by atoms with Crippen molar-refractivity contribution in [2.24, 2.45) is 0 Å². The second-order valence-corrected chi connectivity index (χ2v) is 8.18. The molecule has 2 aromatic carbocycles. The first-order chi connectivity index (χ1) is 12.1. The van der Waals surface area contributed by atoms with Gasteiger partial charge in [0.15, 0.2) is 6.10 Å². The van der Waals surface area contributed by atoms with Crippen LogP contribution >= 0.6 is 11.6 Å². The third-order valence-electron chi connectivity index (χ3n) is 4.45. The molecule has 0 saturated carbocycles. The van der Waals surface area contributed by atoms with Gasteiger partial charge in [0.25, 0.3) is 5.91 Å². The van der Waals surface area contributed by atoms with Crippen molar-refractivity contribution >= 4 is 17.5 Å². The number of halogens is 1. The van der Waals surface area contributed by atoms with Crippen LogP contribution in [-0.2, 0) is 10.2 Å². The summed E-state index contributed by atoms with van der Waals surface area (Å²) in [6.45, 7) is 12.2. The summed E-state index contributed by atoms with van der Waals surface area (Å²) in [5.41, 5.74) is 3.38. The highest BCUT2D eigenvalue weighted by molar-refractivity contribution is 6.31. The molecule has 0 heterocycles. The monoisotopic (exact) mass is 373 g/mol. The predicted molar refractivity (Wildman–Crippen MR) is 108 cm³/mol.